The summed E-state index contributed by atoms with van der Waals surface area (Å²) < 4.78 is 10.3. The summed E-state index contributed by atoms with van der Waals surface area (Å²) in [5.74, 6) is 0.649. The smallest absolute Gasteiger partial charge is 0.335 e. The van der Waals surface area contributed by atoms with Crippen LogP contribution in [-0.4, -0.2) is 25.0 Å². The van der Waals surface area contributed by atoms with Crippen LogP contribution in [0.15, 0.2) is 41.9 Å². The van der Waals surface area contributed by atoms with Gasteiger partial charge in [-0.1, -0.05) is 6.58 Å². The maximum atomic E-state index is 10.9. The molecule has 0 spiro atoms. The van der Waals surface area contributed by atoms with E-state index in [4.69, 9.17) is 9.47 Å². The highest BCUT2D eigenvalue weighted by molar-refractivity contribution is 5.95. The standard InChI is InChI=1S/C12H11NO3/c1-2-11(14)16-10-5-3-9(4-6-10)12-13-7-8-15-12/h2-6H,1,7-8H2. The van der Waals surface area contributed by atoms with Crippen LogP contribution in [0.4, 0.5) is 0 Å². The highest BCUT2D eigenvalue weighted by atomic mass is 16.5. The summed E-state index contributed by atoms with van der Waals surface area (Å²) in [6.45, 7) is 4.65. The zero-order valence-electron chi connectivity index (χ0n) is 8.68. The number of carbonyl (C=O) groups excluding carboxylic acids is 1. The third-order valence-corrected chi connectivity index (χ3v) is 2.07. The molecule has 4 nitrogen and oxygen atoms in total. The van der Waals surface area contributed by atoms with Crippen molar-refractivity contribution in [3.63, 3.8) is 0 Å². The molecular formula is C12H11NO3. The van der Waals surface area contributed by atoms with E-state index in [-0.39, 0.29) is 0 Å². The average molecular weight is 217 g/mol. The predicted molar refractivity (Wildman–Crippen MR) is 59.6 cm³/mol. The van der Waals surface area contributed by atoms with Crippen molar-refractivity contribution in [2.45, 2.75) is 0 Å². The van der Waals surface area contributed by atoms with Gasteiger partial charge in [-0.05, 0) is 24.3 Å². The van der Waals surface area contributed by atoms with Gasteiger partial charge in [0.1, 0.15) is 12.4 Å². The first-order chi connectivity index (χ1) is 7.79. The zero-order chi connectivity index (χ0) is 11.4. The van der Waals surface area contributed by atoms with Crippen LogP contribution in [0, 0.1) is 0 Å². The Bertz CT molecular complexity index is 434. The number of hydrogen-bond acceptors (Lipinski definition) is 4. The van der Waals surface area contributed by atoms with Crippen molar-refractivity contribution in [2.75, 3.05) is 13.2 Å². The minimum absolute atomic E-state index is 0.470. The normalized spacial score (nSPS) is 13.9. The monoisotopic (exact) mass is 217 g/mol. The molecule has 0 bridgehead atoms. The second-order valence-corrected chi connectivity index (χ2v) is 3.18. The first kappa shape index (κ1) is 10.4. The fraction of sp³-hybridized carbons (Fsp3) is 0.167. The van der Waals surface area contributed by atoms with Crippen LogP contribution in [0.25, 0.3) is 0 Å². The molecule has 0 amide bonds. The van der Waals surface area contributed by atoms with Crippen molar-refractivity contribution >= 4 is 11.9 Å². The van der Waals surface area contributed by atoms with Crippen LogP contribution < -0.4 is 4.74 Å². The molecule has 1 aromatic carbocycles. The quantitative estimate of drug-likeness (QED) is 0.438. The molecule has 1 heterocycles. The van der Waals surface area contributed by atoms with Gasteiger partial charge in [0.15, 0.2) is 0 Å². The highest BCUT2D eigenvalue weighted by Gasteiger charge is 2.10. The van der Waals surface area contributed by atoms with E-state index in [1.54, 1.807) is 24.3 Å². The van der Waals surface area contributed by atoms with Gasteiger partial charge in [0.2, 0.25) is 5.90 Å². The van der Waals surface area contributed by atoms with Gasteiger partial charge in [-0.2, -0.15) is 0 Å². The number of nitrogens with zero attached hydrogens (tertiary/aromatic N) is 1. The molecule has 0 aliphatic carbocycles. The van der Waals surface area contributed by atoms with Crippen LogP contribution in [0.1, 0.15) is 5.56 Å². The van der Waals surface area contributed by atoms with Crippen LogP contribution in [0.5, 0.6) is 5.75 Å². The summed E-state index contributed by atoms with van der Waals surface area (Å²) in [6.07, 6.45) is 1.12. The lowest BCUT2D eigenvalue weighted by atomic mass is 10.2. The van der Waals surface area contributed by atoms with Crippen LogP contribution in [0.2, 0.25) is 0 Å². The first-order valence-corrected chi connectivity index (χ1v) is 4.91. The lowest BCUT2D eigenvalue weighted by Crippen LogP contribution is -2.04. The van der Waals surface area contributed by atoms with Crippen molar-refractivity contribution in [1.82, 2.24) is 0 Å². The molecule has 0 fully saturated rings. The molecule has 0 saturated heterocycles. The Labute approximate surface area is 93.2 Å². The Morgan fingerprint density at radius 3 is 2.75 bits per heavy atom. The summed E-state index contributed by atoms with van der Waals surface area (Å²) in [5, 5.41) is 0. The number of aliphatic imine (C=N–C) groups is 1. The van der Waals surface area contributed by atoms with Gasteiger partial charge < -0.3 is 9.47 Å². The van der Waals surface area contributed by atoms with E-state index in [1.807, 2.05) is 0 Å². The number of carbonyl (C=O) groups is 1. The number of benzene rings is 1. The van der Waals surface area contributed by atoms with Gasteiger partial charge in [-0.25, -0.2) is 9.79 Å². The van der Waals surface area contributed by atoms with Gasteiger partial charge >= 0.3 is 5.97 Å². The lowest BCUT2D eigenvalue weighted by molar-refractivity contribution is -0.128. The molecule has 0 aromatic heterocycles. The first-order valence-electron chi connectivity index (χ1n) is 4.91. The van der Waals surface area contributed by atoms with E-state index in [2.05, 4.69) is 11.6 Å². The number of rotatable bonds is 3. The van der Waals surface area contributed by atoms with E-state index in [9.17, 15) is 4.79 Å². The summed E-state index contributed by atoms with van der Waals surface area (Å²) in [7, 11) is 0. The molecular weight excluding hydrogens is 206 g/mol. The Balaban J connectivity index is 2.10. The molecule has 1 aromatic rings. The Kier molecular flexibility index (Phi) is 3.00. The van der Waals surface area contributed by atoms with Crippen LogP contribution in [0.3, 0.4) is 0 Å². The summed E-state index contributed by atoms with van der Waals surface area (Å²) in [4.78, 5) is 15.1. The van der Waals surface area contributed by atoms with E-state index < -0.39 is 5.97 Å². The Morgan fingerprint density at radius 1 is 1.44 bits per heavy atom. The van der Waals surface area contributed by atoms with Gasteiger partial charge in [0.05, 0.1) is 6.54 Å². The fourth-order valence-corrected chi connectivity index (χ4v) is 1.33. The molecule has 0 N–H and O–H groups in total. The van der Waals surface area contributed by atoms with Crippen LogP contribution in [-0.2, 0) is 9.53 Å². The van der Waals surface area contributed by atoms with E-state index in [0.717, 1.165) is 11.6 Å². The molecule has 0 atom stereocenters. The molecule has 1 aliphatic rings. The lowest BCUT2D eigenvalue weighted by Gasteiger charge is -2.03. The molecule has 0 unspecified atom stereocenters. The zero-order valence-corrected chi connectivity index (χ0v) is 8.68. The summed E-state index contributed by atoms with van der Waals surface area (Å²) >= 11 is 0. The molecule has 1 aliphatic heterocycles. The summed E-state index contributed by atoms with van der Waals surface area (Å²) in [5.41, 5.74) is 0.885. The third-order valence-electron chi connectivity index (χ3n) is 2.07. The van der Waals surface area contributed by atoms with Crippen molar-refractivity contribution < 1.29 is 14.3 Å². The van der Waals surface area contributed by atoms with Gasteiger partial charge in [-0.3, -0.25) is 0 Å². The predicted octanol–water partition coefficient (Wildman–Crippen LogP) is 1.55. The second kappa shape index (κ2) is 4.61. The Morgan fingerprint density at radius 2 is 2.19 bits per heavy atom. The molecule has 82 valence electrons. The van der Waals surface area contributed by atoms with E-state index in [1.165, 1.54) is 0 Å². The number of hydrogen-bond donors (Lipinski definition) is 0. The second-order valence-electron chi connectivity index (χ2n) is 3.18. The Hall–Kier alpha value is -2.10. The average Bonchev–Trinajstić information content (AvgIpc) is 2.83. The van der Waals surface area contributed by atoms with Crippen molar-refractivity contribution in [3.05, 3.63) is 42.5 Å². The van der Waals surface area contributed by atoms with Gasteiger partial charge in [0.25, 0.3) is 0 Å². The van der Waals surface area contributed by atoms with E-state index >= 15 is 0 Å². The minimum atomic E-state index is -0.470. The molecule has 16 heavy (non-hydrogen) atoms. The minimum Gasteiger partial charge on any atom is -0.476 e. The SMILES string of the molecule is C=CC(=O)Oc1ccc(C2=NCCO2)cc1. The number of ether oxygens (including phenoxy) is 2. The largest absolute Gasteiger partial charge is 0.476 e. The van der Waals surface area contributed by atoms with Crippen molar-refractivity contribution in [1.29, 1.82) is 0 Å². The maximum absolute atomic E-state index is 10.9. The topological polar surface area (TPSA) is 47.9 Å². The summed E-state index contributed by atoms with van der Waals surface area (Å²) in [6, 6.07) is 6.99. The van der Waals surface area contributed by atoms with Gasteiger partial charge in [-0.15, -0.1) is 0 Å². The molecule has 0 saturated carbocycles. The molecule has 4 heteroatoms. The van der Waals surface area contributed by atoms with Crippen LogP contribution >= 0.6 is 0 Å². The molecule has 0 radical (unpaired) electrons. The third kappa shape index (κ3) is 2.28. The molecule has 2 rings (SSSR count). The number of esters is 1. The fourth-order valence-electron chi connectivity index (χ4n) is 1.33. The maximum Gasteiger partial charge on any atom is 0.335 e. The highest BCUT2D eigenvalue weighted by Crippen LogP contribution is 2.15. The van der Waals surface area contributed by atoms with E-state index in [0.29, 0.717) is 24.8 Å². The van der Waals surface area contributed by atoms with Crippen molar-refractivity contribution in [2.24, 2.45) is 4.99 Å². The van der Waals surface area contributed by atoms with Gasteiger partial charge in [0, 0.05) is 11.6 Å². The van der Waals surface area contributed by atoms with Crippen molar-refractivity contribution in [3.8, 4) is 5.75 Å².